The maximum atomic E-state index is 8.94. The van der Waals surface area contributed by atoms with Crippen LogP contribution in [0.1, 0.15) is 20.3 Å². The molecule has 0 saturated heterocycles. The third kappa shape index (κ3) is 7.88. The van der Waals surface area contributed by atoms with E-state index in [0.29, 0.717) is 13.0 Å². The van der Waals surface area contributed by atoms with Gasteiger partial charge in [-0.15, -0.1) is 0 Å². The maximum absolute atomic E-state index is 8.94. The predicted octanol–water partition coefficient (Wildman–Crippen LogP) is 0.114. The van der Waals surface area contributed by atoms with Crippen LogP contribution in [0.25, 0.3) is 0 Å². The second-order valence-corrected chi connectivity index (χ2v) is 2.37. The van der Waals surface area contributed by atoms with Gasteiger partial charge in [0, 0.05) is 6.61 Å². The molecule has 0 spiro atoms. The lowest BCUT2D eigenvalue weighted by Crippen LogP contribution is -2.23. The van der Waals surface area contributed by atoms with Crippen molar-refractivity contribution in [3.05, 3.63) is 0 Å². The summed E-state index contributed by atoms with van der Waals surface area (Å²) in [6, 6.07) is 0. The van der Waals surface area contributed by atoms with Crippen LogP contribution in [-0.4, -0.2) is 29.2 Å². The first-order valence-electron chi connectivity index (χ1n) is 3.03. The van der Waals surface area contributed by atoms with Crippen LogP contribution >= 0.6 is 0 Å². The average molecular weight is 134 g/mol. The number of aliphatic hydroxyl groups excluding tert-OH is 1. The Morgan fingerprint density at radius 2 is 2.00 bits per heavy atom. The molecule has 0 fully saturated rings. The molecule has 0 radical (unpaired) electrons. The predicted molar refractivity (Wildman–Crippen MR) is 34.0 cm³/mol. The van der Waals surface area contributed by atoms with Crippen molar-refractivity contribution in [1.29, 1.82) is 0 Å². The van der Waals surface area contributed by atoms with E-state index in [4.69, 9.17) is 14.9 Å². The molecule has 0 aliphatic carbocycles. The van der Waals surface area contributed by atoms with E-state index in [0.717, 1.165) is 0 Å². The second-order valence-electron chi connectivity index (χ2n) is 2.37. The molecule has 0 aliphatic rings. The lowest BCUT2D eigenvalue weighted by molar-refractivity contribution is -0.177. The molecule has 0 aliphatic heterocycles. The van der Waals surface area contributed by atoms with E-state index in [9.17, 15) is 0 Å². The first-order valence-corrected chi connectivity index (χ1v) is 3.03. The van der Waals surface area contributed by atoms with Crippen molar-refractivity contribution < 1.29 is 14.9 Å². The molecular formula is C6H14O3. The number of hydrogen-bond acceptors (Lipinski definition) is 3. The first-order chi connectivity index (χ1) is 4.06. The van der Waals surface area contributed by atoms with E-state index in [1.54, 1.807) is 13.8 Å². The van der Waals surface area contributed by atoms with Crippen LogP contribution in [0.5, 0.6) is 0 Å². The molecule has 56 valence electrons. The van der Waals surface area contributed by atoms with Gasteiger partial charge in [0.05, 0.1) is 6.61 Å². The van der Waals surface area contributed by atoms with Gasteiger partial charge in [0.15, 0.2) is 5.79 Å². The Morgan fingerprint density at radius 1 is 1.44 bits per heavy atom. The summed E-state index contributed by atoms with van der Waals surface area (Å²) >= 11 is 0. The van der Waals surface area contributed by atoms with Crippen LogP contribution in [0.2, 0.25) is 0 Å². The van der Waals surface area contributed by atoms with Crippen LogP contribution in [0, 0.1) is 0 Å². The van der Waals surface area contributed by atoms with Crippen LogP contribution in [0.3, 0.4) is 0 Å². The lowest BCUT2D eigenvalue weighted by Gasteiger charge is -2.17. The largest absolute Gasteiger partial charge is 0.396 e. The highest BCUT2D eigenvalue weighted by atomic mass is 16.6. The summed E-state index contributed by atoms with van der Waals surface area (Å²) in [6.45, 7) is 3.63. The van der Waals surface area contributed by atoms with E-state index in [-0.39, 0.29) is 6.61 Å². The quantitative estimate of drug-likeness (QED) is 0.424. The Hall–Kier alpha value is -0.120. The van der Waals surface area contributed by atoms with Gasteiger partial charge in [0.2, 0.25) is 0 Å². The zero-order chi connectivity index (χ0) is 7.33. The Balaban J connectivity index is 3.07. The van der Waals surface area contributed by atoms with Crippen molar-refractivity contribution in [3.63, 3.8) is 0 Å². The molecule has 0 bridgehead atoms. The second kappa shape index (κ2) is 3.82. The summed E-state index contributed by atoms with van der Waals surface area (Å²) in [5, 5.41) is 17.2. The zero-order valence-corrected chi connectivity index (χ0v) is 5.92. The molecule has 0 aromatic carbocycles. The van der Waals surface area contributed by atoms with Gasteiger partial charge in [0.1, 0.15) is 0 Å². The topological polar surface area (TPSA) is 49.7 Å². The van der Waals surface area contributed by atoms with E-state index in [2.05, 4.69) is 0 Å². The highest BCUT2D eigenvalue weighted by Gasteiger charge is 2.10. The molecular weight excluding hydrogens is 120 g/mol. The molecule has 0 unspecified atom stereocenters. The van der Waals surface area contributed by atoms with Crippen LogP contribution in [-0.2, 0) is 4.74 Å². The number of rotatable bonds is 4. The monoisotopic (exact) mass is 134 g/mol. The van der Waals surface area contributed by atoms with Gasteiger partial charge in [-0.1, -0.05) is 0 Å². The molecule has 0 heterocycles. The molecule has 0 amide bonds. The van der Waals surface area contributed by atoms with Crippen molar-refractivity contribution in [1.82, 2.24) is 0 Å². The molecule has 3 heteroatoms. The number of hydrogen-bond donors (Lipinski definition) is 2. The van der Waals surface area contributed by atoms with Gasteiger partial charge in [-0.25, -0.2) is 0 Å². The minimum atomic E-state index is -1.06. The third-order valence-electron chi connectivity index (χ3n) is 0.758. The lowest BCUT2D eigenvalue weighted by atomic mass is 10.4. The van der Waals surface area contributed by atoms with Gasteiger partial charge in [-0.2, -0.15) is 0 Å². The molecule has 0 aromatic rings. The normalized spacial score (nSPS) is 12.0. The standard InChI is InChI=1S/C6H14O3/c1-6(2,8)9-5-3-4-7/h7-8H,3-5H2,1-2H3. The van der Waals surface area contributed by atoms with Gasteiger partial charge in [0.25, 0.3) is 0 Å². The van der Waals surface area contributed by atoms with Gasteiger partial charge >= 0.3 is 0 Å². The SMILES string of the molecule is CC(C)(O)OCCCO. The molecule has 9 heavy (non-hydrogen) atoms. The van der Waals surface area contributed by atoms with Crippen LogP contribution in [0.4, 0.5) is 0 Å². The Bertz CT molecular complexity index is 65.2. The fourth-order valence-electron chi connectivity index (χ4n) is 0.386. The van der Waals surface area contributed by atoms with Crippen molar-refractivity contribution in [2.45, 2.75) is 26.1 Å². The first kappa shape index (κ1) is 8.88. The summed E-state index contributed by atoms with van der Waals surface area (Å²) in [5.41, 5.74) is 0. The summed E-state index contributed by atoms with van der Waals surface area (Å²) in [6.07, 6.45) is 0.573. The maximum Gasteiger partial charge on any atom is 0.159 e. The smallest absolute Gasteiger partial charge is 0.159 e. The van der Waals surface area contributed by atoms with E-state index in [1.807, 2.05) is 0 Å². The zero-order valence-electron chi connectivity index (χ0n) is 5.92. The third-order valence-corrected chi connectivity index (χ3v) is 0.758. The Labute approximate surface area is 55.3 Å². The molecule has 0 saturated carbocycles. The summed E-state index contributed by atoms with van der Waals surface area (Å²) in [5.74, 6) is -1.06. The molecule has 0 atom stereocenters. The van der Waals surface area contributed by atoms with Crippen molar-refractivity contribution in [2.24, 2.45) is 0 Å². The van der Waals surface area contributed by atoms with Gasteiger partial charge in [-0.3, -0.25) is 0 Å². The Kier molecular flexibility index (Phi) is 3.77. The highest BCUT2D eigenvalue weighted by molar-refractivity contribution is 4.47. The van der Waals surface area contributed by atoms with E-state index < -0.39 is 5.79 Å². The van der Waals surface area contributed by atoms with E-state index in [1.165, 1.54) is 0 Å². The molecule has 0 rings (SSSR count). The van der Waals surface area contributed by atoms with Crippen molar-refractivity contribution >= 4 is 0 Å². The fourth-order valence-corrected chi connectivity index (χ4v) is 0.386. The fraction of sp³-hybridized carbons (Fsp3) is 1.00. The summed E-state index contributed by atoms with van der Waals surface area (Å²) in [4.78, 5) is 0. The molecule has 3 nitrogen and oxygen atoms in total. The van der Waals surface area contributed by atoms with Crippen molar-refractivity contribution in [3.8, 4) is 0 Å². The summed E-state index contributed by atoms with van der Waals surface area (Å²) in [7, 11) is 0. The van der Waals surface area contributed by atoms with Crippen molar-refractivity contribution in [2.75, 3.05) is 13.2 Å². The van der Waals surface area contributed by atoms with E-state index >= 15 is 0 Å². The summed E-state index contributed by atoms with van der Waals surface area (Å²) < 4.78 is 4.87. The minimum Gasteiger partial charge on any atom is -0.396 e. The Morgan fingerprint density at radius 3 is 2.33 bits per heavy atom. The van der Waals surface area contributed by atoms with Crippen LogP contribution in [0.15, 0.2) is 0 Å². The highest BCUT2D eigenvalue weighted by Crippen LogP contribution is 2.02. The molecule has 0 aromatic heterocycles. The number of aliphatic hydroxyl groups is 2. The number of ether oxygens (including phenoxy) is 1. The van der Waals surface area contributed by atoms with Crippen LogP contribution < -0.4 is 0 Å². The molecule has 2 N–H and O–H groups in total. The average Bonchev–Trinajstić information content (AvgIpc) is 1.63. The van der Waals surface area contributed by atoms with Gasteiger partial charge < -0.3 is 14.9 Å². The van der Waals surface area contributed by atoms with Gasteiger partial charge in [-0.05, 0) is 20.3 Å². The minimum absolute atomic E-state index is 0.107.